The molecule has 1 N–H and O–H groups in total. The Balaban J connectivity index is 2.57. The van der Waals surface area contributed by atoms with Gasteiger partial charge in [-0.25, -0.2) is 4.68 Å². The molecule has 0 amide bonds. The van der Waals surface area contributed by atoms with Gasteiger partial charge in [-0.1, -0.05) is 0 Å². The van der Waals surface area contributed by atoms with Gasteiger partial charge < -0.3 is 10.2 Å². The first-order valence-corrected chi connectivity index (χ1v) is 7.23. The average Bonchev–Trinajstić information content (AvgIpc) is 2.76. The Morgan fingerprint density at radius 1 is 1.05 bits per heavy atom. The van der Waals surface area contributed by atoms with Crippen LogP contribution in [-0.2, 0) is 0 Å². The molecule has 2 aromatic rings. The van der Waals surface area contributed by atoms with Crippen LogP contribution < -0.4 is 10.2 Å². The molecule has 2 aromatic heterocycles. The van der Waals surface area contributed by atoms with Gasteiger partial charge in [-0.3, -0.25) is 0 Å². The van der Waals surface area contributed by atoms with Crippen LogP contribution in [0.1, 0.15) is 30.8 Å². The summed E-state index contributed by atoms with van der Waals surface area (Å²) in [6.45, 7) is 11.9. The van der Waals surface area contributed by atoms with E-state index in [4.69, 9.17) is 0 Å². The average molecular weight is 289 g/mol. The van der Waals surface area contributed by atoms with Crippen LogP contribution in [0, 0.1) is 20.8 Å². The van der Waals surface area contributed by atoms with Crippen molar-refractivity contribution in [1.29, 1.82) is 0 Å². The molecule has 0 fully saturated rings. The summed E-state index contributed by atoms with van der Waals surface area (Å²) >= 11 is 0. The molecule has 2 rings (SSSR count). The molecule has 114 valence electrons. The van der Waals surface area contributed by atoms with Crippen LogP contribution in [-0.4, -0.2) is 44.9 Å². The summed E-state index contributed by atoms with van der Waals surface area (Å²) < 4.78 is 1.78. The van der Waals surface area contributed by atoms with Crippen molar-refractivity contribution >= 4 is 11.9 Å². The molecule has 0 aliphatic heterocycles. The first-order valence-electron chi connectivity index (χ1n) is 7.23. The number of hydrogen-bond acceptors (Lipinski definition) is 6. The number of nitrogens with zero attached hydrogens (tertiary/aromatic N) is 6. The van der Waals surface area contributed by atoms with Crippen molar-refractivity contribution in [3.05, 3.63) is 17.0 Å². The van der Waals surface area contributed by atoms with E-state index in [9.17, 15) is 0 Å². The Labute approximate surface area is 125 Å². The highest BCUT2D eigenvalue weighted by atomic mass is 15.4. The lowest BCUT2D eigenvalue weighted by Crippen LogP contribution is -2.25. The fourth-order valence-corrected chi connectivity index (χ4v) is 2.12. The Morgan fingerprint density at radius 3 is 2.19 bits per heavy atom. The van der Waals surface area contributed by atoms with Crippen LogP contribution in [0.15, 0.2) is 0 Å². The summed E-state index contributed by atoms with van der Waals surface area (Å²) in [4.78, 5) is 15.5. The van der Waals surface area contributed by atoms with Crippen molar-refractivity contribution in [2.45, 2.75) is 34.6 Å². The zero-order valence-corrected chi connectivity index (χ0v) is 13.6. The zero-order chi connectivity index (χ0) is 15.6. The molecule has 0 spiro atoms. The second kappa shape index (κ2) is 6.07. The van der Waals surface area contributed by atoms with E-state index in [0.29, 0.717) is 17.8 Å². The molecule has 21 heavy (non-hydrogen) atoms. The minimum atomic E-state index is 0.546. The summed E-state index contributed by atoms with van der Waals surface area (Å²) in [7, 11) is 1.80. The predicted molar refractivity (Wildman–Crippen MR) is 84.3 cm³/mol. The van der Waals surface area contributed by atoms with E-state index in [2.05, 4.69) is 51.0 Å². The van der Waals surface area contributed by atoms with E-state index in [0.717, 1.165) is 30.0 Å². The Hall–Kier alpha value is -2.18. The van der Waals surface area contributed by atoms with Crippen molar-refractivity contribution < 1.29 is 0 Å². The standard InChI is InChI=1S/C14H23N7/c1-7-20(8-2)13-16-12(15-6)17-14(18-13)21-11(5)9(3)10(4)19-21/h7-8H2,1-6H3,(H,15,16,17,18). The van der Waals surface area contributed by atoms with Gasteiger partial charge in [-0.15, -0.1) is 0 Å². The van der Waals surface area contributed by atoms with E-state index < -0.39 is 0 Å². The van der Waals surface area contributed by atoms with Crippen LogP contribution >= 0.6 is 0 Å². The van der Waals surface area contributed by atoms with Crippen LogP contribution in [0.3, 0.4) is 0 Å². The summed E-state index contributed by atoms with van der Waals surface area (Å²) in [6.07, 6.45) is 0. The van der Waals surface area contributed by atoms with E-state index in [1.54, 1.807) is 11.7 Å². The minimum Gasteiger partial charge on any atom is -0.357 e. The van der Waals surface area contributed by atoms with Gasteiger partial charge in [0.2, 0.25) is 11.9 Å². The van der Waals surface area contributed by atoms with Crippen molar-refractivity contribution in [3.63, 3.8) is 0 Å². The lowest BCUT2D eigenvalue weighted by molar-refractivity contribution is 0.744. The van der Waals surface area contributed by atoms with Crippen LogP contribution in [0.5, 0.6) is 0 Å². The third kappa shape index (κ3) is 2.81. The summed E-state index contributed by atoms with van der Waals surface area (Å²) in [5, 5.41) is 7.52. The molecule has 0 atom stereocenters. The van der Waals surface area contributed by atoms with E-state index >= 15 is 0 Å². The molecule has 0 aromatic carbocycles. The largest absolute Gasteiger partial charge is 0.357 e. The number of nitrogens with one attached hydrogen (secondary N) is 1. The molecule has 0 bridgehead atoms. The Bertz CT molecular complexity index is 628. The fraction of sp³-hybridized carbons (Fsp3) is 0.571. The molecule has 0 aliphatic rings. The number of aryl methyl sites for hydroxylation is 1. The number of rotatable bonds is 5. The van der Waals surface area contributed by atoms with Gasteiger partial charge in [-0.2, -0.15) is 20.1 Å². The number of aromatic nitrogens is 5. The maximum Gasteiger partial charge on any atom is 0.257 e. The summed E-state index contributed by atoms with van der Waals surface area (Å²) in [6, 6.07) is 0. The van der Waals surface area contributed by atoms with Crippen molar-refractivity contribution in [3.8, 4) is 5.95 Å². The smallest absolute Gasteiger partial charge is 0.257 e. The van der Waals surface area contributed by atoms with Gasteiger partial charge in [0.15, 0.2) is 0 Å². The molecule has 7 heteroatoms. The molecular formula is C14H23N7. The van der Waals surface area contributed by atoms with Crippen LogP contribution in [0.2, 0.25) is 0 Å². The highest BCUT2D eigenvalue weighted by Gasteiger charge is 2.15. The highest BCUT2D eigenvalue weighted by molar-refractivity contribution is 5.40. The summed E-state index contributed by atoms with van der Waals surface area (Å²) in [5.74, 6) is 1.76. The molecule has 0 unspecified atom stereocenters. The first-order chi connectivity index (χ1) is 10.0. The third-order valence-electron chi connectivity index (χ3n) is 3.72. The molecule has 0 saturated carbocycles. The van der Waals surface area contributed by atoms with Gasteiger partial charge >= 0.3 is 0 Å². The monoisotopic (exact) mass is 289 g/mol. The molecule has 0 saturated heterocycles. The lowest BCUT2D eigenvalue weighted by atomic mass is 10.2. The Kier molecular flexibility index (Phi) is 4.40. The van der Waals surface area contributed by atoms with Gasteiger partial charge in [0.05, 0.1) is 5.69 Å². The van der Waals surface area contributed by atoms with Gasteiger partial charge in [0, 0.05) is 25.8 Å². The van der Waals surface area contributed by atoms with Crippen molar-refractivity contribution in [2.75, 3.05) is 30.4 Å². The van der Waals surface area contributed by atoms with Gasteiger partial charge in [-0.05, 0) is 40.2 Å². The molecule has 7 nitrogen and oxygen atoms in total. The topological polar surface area (TPSA) is 71.8 Å². The van der Waals surface area contributed by atoms with Crippen molar-refractivity contribution in [2.24, 2.45) is 0 Å². The molecule has 0 aliphatic carbocycles. The normalized spacial score (nSPS) is 10.8. The quantitative estimate of drug-likeness (QED) is 0.906. The summed E-state index contributed by atoms with van der Waals surface area (Å²) in [5.41, 5.74) is 3.19. The molecular weight excluding hydrogens is 266 g/mol. The van der Waals surface area contributed by atoms with Gasteiger partial charge in [0.25, 0.3) is 5.95 Å². The van der Waals surface area contributed by atoms with E-state index in [-0.39, 0.29) is 0 Å². The number of hydrogen-bond donors (Lipinski definition) is 1. The highest BCUT2D eigenvalue weighted by Crippen LogP contribution is 2.17. The van der Waals surface area contributed by atoms with Crippen LogP contribution in [0.25, 0.3) is 5.95 Å². The maximum atomic E-state index is 4.57. The first kappa shape index (κ1) is 15.2. The SMILES string of the molecule is CCN(CC)c1nc(NC)nc(-n2nc(C)c(C)c2C)n1. The second-order valence-electron chi connectivity index (χ2n) is 4.89. The number of anilines is 2. The van der Waals surface area contributed by atoms with E-state index in [1.165, 1.54) is 0 Å². The van der Waals surface area contributed by atoms with Crippen molar-refractivity contribution in [1.82, 2.24) is 24.7 Å². The maximum absolute atomic E-state index is 4.57. The van der Waals surface area contributed by atoms with Gasteiger partial charge in [0.1, 0.15) is 0 Å². The molecule has 2 heterocycles. The van der Waals surface area contributed by atoms with Crippen LogP contribution in [0.4, 0.5) is 11.9 Å². The zero-order valence-electron chi connectivity index (χ0n) is 13.6. The molecule has 0 radical (unpaired) electrons. The second-order valence-corrected chi connectivity index (χ2v) is 4.89. The third-order valence-corrected chi connectivity index (χ3v) is 3.72. The lowest BCUT2D eigenvalue weighted by Gasteiger charge is -2.19. The van der Waals surface area contributed by atoms with E-state index in [1.807, 2.05) is 13.8 Å². The Morgan fingerprint density at radius 2 is 1.71 bits per heavy atom. The fourth-order valence-electron chi connectivity index (χ4n) is 2.12. The predicted octanol–water partition coefficient (Wildman–Crippen LogP) is 1.87. The minimum absolute atomic E-state index is 0.546.